The van der Waals surface area contributed by atoms with E-state index in [1.54, 1.807) is 19.2 Å². The Labute approximate surface area is 185 Å². The zero-order valence-electron chi connectivity index (χ0n) is 17.8. The van der Waals surface area contributed by atoms with Gasteiger partial charge in [-0.2, -0.15) is 17.5 Å². The van der Waals surface area contributed by atoms with Crippen LogP contribution in [0.1, 0.15) is 42.5 Å². The SMILES string of the molecule is Cc1cccc2c1CN(S(=O)(=O)C(F)(F)F)C[C@H](COC1CCCC1)N2Cc1cnc[nH]1. The maximum atomic E-state index is 13.5. The summed E-state index contributed by atoms with van der Waals surface area (Å²) in [6.45, 7) is 1.59. The summed E-state index contributed by atoms with van der Waals surface area (Å²) in [5.74, 6) is 0. The van der Waals surface area contributed by atoms with Crippen molar-refractivity contribution in [1.82, 2.24) is 14.3 Å². The number of aromatic amines is 1. The van der Waals surface area contributed by atoms with Crippen LogP contribution in [-0.4, -0.2) is 53.5 Å². The second kappa shape index (κ2) is 9.03. The van der Waals surface area contributed by atoms with Crippen LogP contribution in [0.5, 0.6) is 0 Å². The van der Waals surface area contributed by atoms with Crippen LogP contribution in [0.15, 0.2) is 30.7 Å². The van der Waals surface area contributed by atoms with Crippen molar-refractivity contribution < 1.29 is 26.3 Å². The predicted octanol–water partition coefficient (Wildman–Crippen LogP) is 3.72. The first-order chi connectivity index (χ1) is 15.2. The Morgan fingerprint density at radius 1 is 1.25 bits per heavy atom. The molecule has 2 heterocycles. The molecule has 1 fully saturated rings. The lowest BCUT2D eigenvalue weighted by Crippen LogP contribution is -2.49. The summed E-state index contributed by atoms with van der Waals surface area (Å²) in [5.41, 5.74) is -2.60. The molecule has 1 N–H and O–H groups in total. The van der Waals surface area contributed by atoms with Crippen LogP contribution >= 0.6 is 0 Å². The number of nitrogens with one attached hydrogen (secondary N) is 1. The number of H-pyrrole nitrogens is 1. The third-order valence-electron chi connectivity index (χ3n) is 6.24. The average Bonchev–Trinajstić information content (AvgIpc) is 3.40. The van der Waals surface area contributed by atoms with Crippen molar-refractivity contribution in [3.63, 3.8) is 0 Å². The number of alkyl halides is 3. The molecule has 0 bridgehead atoms. The van der Waals surface area contributed by atoms with E-state index in [0.29, 0.717) is 22.1 Å². The van der Waals surface area contributed by atoms with Crippen LogP contribution in [0.3, 0.4) is 0 Å². The van der Waals surface area contributed by atoms with Gasteiger partial charge in [0.05, 0.1) is 37.3 Å². The molecule has 7 nitrogen and oxygen atoms in total. The third kappa shape index (κ3) is 4.65. The van der Waals surface area contributed by atoms with Gasteiger partial charge in [-0.1, -0.05) is 25.0 Å². The maximum Gasteiger partial charge on any atom is 0.511 e. The molecule has 1 atom stereocenters. The quantitative estimate of drug-likeness (QED) is 0.694. The van der Waals surface area contributed by atoms with Crippen LogP contribution in [0.4, 0.5) is 18.9 Å². The molecule has 0 spiro atoms. The van der Waals surface area contributed by atoms with E-state index in [2.05, 4.69) is 9.97 Å². The van der Waals surface area contributed by atoms with Crippen molar-refractivity contribution in [2.75, 3.05) is 18.1 Å². The molecule has 1 aromatic heterocycles. The monoisotopic (exact) mass is 472 g/mol. The molecule has 0 radical (unpaired) electrons. The summed E-state index contributed by atoms with van der Waals surface area (Å²) in [4.78, 5) is 9.01. The summed E-state index contributed by atoms with van der Waals surface area (Å²) in [5, 5.41) is 0. The number of sulfonamides is 1. The van der Waals surface area contributed by atoms with Crippen molar-refractivity contribution in [3.05, 3.63) is 47.5 Å². The molecule has 1 aliphatic carbocycles. The van der Waals surface area contributed by atoms with Crippen molar-refractivity contribution >= 4 is 15.7 Å². The zero-order valence-corrected chi connectivity index (χ0v) is 18.6. The van der Waals surface area contributed by atoms with E-state index in [4.69, 9.17) is 4.74 Å². The van der Waals surface area contributed by atoms with Gasteiger partial charge in [0.1, 0.15) is 0 Å². The van der Waals surface area contributed by atoms with Gasteiger partial charge < -0.3 is 14.6 Å². The highest BCUT2D eigenvalue weighted by molar-refractivity contribution is 7.89. The van der Waals surface area contributed by atoms with E-state index in [9.17, 15) is 21.6 Å². The van der Waals surface area contributed by atoms with Gasteiger partial charge in [-0.25, -0.2) is 13.4 Å². The van der Waals surface area contributed by atoms with Crippen molar-refractivity contribution in [1.29, 1.82) is 0 Å². The molecule has 4 rings (SSSR count). The number of hydrogen-bond acceptors (Lipinski definition) is 5. The largest absolute Gasteiger partial charge is 0.511 e. The molecule has 176 valence electrons. The average molecular weight is 473 g/mol. The Balaban J connectivity index is 1.74. The van der Waals surface area contributed by atoms with Crippen LogP contribution in [0.2, 0.25) is 0 Å². The van der Waals surface area contributed by atoms with Gasteiger partial charge in [-0.15, -0.1) is 0 Å². The van der Waals surface area contributed by atoms with Gasteiger partial charge in [0, 0.05) is 25.0 Å². The highest BCUT2D eigenvalue weighted by Gasteiger charge is 2.51. The first-order valence-electron chi connectivity index (χ1n) is 10.7. The minimum absolute atomic E-state index is 0.0527. The van der Waals surface area contributed by atoms with E-state index in [1.807, 2.05) is 17.0 Å². The highest BCUT2D eigenvalue weighted by Crippen LogP contribution is 2.36. The maximum absolute atomic E-state index is 13.5. The summed E-state index contributed by atoms with van der Waals surface area (Å²) in [6, 6.07) is 4.84. The molecule has 0 unspecified atom stereocenters. The lowest BCUT2D eigenvalue weighted by molar-refractivity contribution is -0.0495. The second-order valence-corrected chi connectivity index (χ2v) is 10.3. The fraction of sp³-hybridized carbons (Fsp3) is 0.571. The number of fused-ring (bicyclic) bond motifs is 1. The number of nitrogens with zero attached hydrogens (tertiary/aromatic N) is 3. The fourth-order valence-corrected chi connectivity index (χ4v) is 5.44. The number of aromatic nitrogens is 2. The Morgan fingerprint density at radius 3 is 2.66 bits per heavy atom. The Hall–Kier alpha value is -2.11. The van der Waals surface area contributed by atoms with Crippen LogP contribution in [0, 0.1) is 6.92 Å². The molecule has 0 saturated heterocycles. The molecule has 11 heteroatoms. The fourth-order valence-electron chi connectivity index (χ4n) is 4.48. The summed E-state index contributed by atoms with van der Waals surface area (Å²) in [6.07, 6.45) is 7.18. The molecule has 32 heavy (non-hydrogen) atoms. The Morgan fingerprint density at radius 2 is 2.00 bits per heavy atom. The highest BCUT2D eigenvalue weighted by atomic mass is 32.2. The van der Waals surface area contributed by atoms with E-state index < -0.39 is 21.6 Å². The molecular weight excluding hydrogens is 445 g/mol. The van der Waals surface area contributed by atoms with Crippen molar-refractivity contribution in [2.24, 2.45) is 0 Å². The number of aryl methyl sites for hydroxylation is 1. The number of benzene rings is 1. The van der Waals surface area contributed by atoms with Crippen LogP contribution in [-0.2, 0) is 27.8 Å². The lowest BCUT2D eigenvalue weighted by Gasteiger charge is -2.34. The molecule has 0 amide bonds. The minimum atomic E-state index is -5.51. The lowest BCUT2D eigenvalue weighted by atomic mass is 10.1. The number of anilines is 1. The molecule has 2 aromatic rings. The Kier molecular flexibility index (Phi) is 6.51. The van der Waals surface area contributed by atoms with Crippen LogP contribution in [0.25, 0.3) is 0 Å². The van der Waals surface area contributed by atoms with Crippen molar-refractivity contribution in [2.45, 2.75) is 63.4 Å². The number of ether oxygens (including phenoxy) is 1. The van der Waals surface area contributed by atoms with E-state index >= 15 is 0 Å². The smallest absolute Gasteiger partial charge is 0.376 e. The van der Waals surface area contributed by atoms with Gasteiger partial charge in [-0.3, -0.25) is 0 Å². The first kappa shape index (κ1) is 23.1. The van der Waals surface area contributed by atoms with Crippen molar-refractivity contribution in [3.8, 4) is 0 Å². The normalized spacial score (nSPS) is 21.0. The van der Waals surface area contributed by atoms with Crippen LogP contribution < -0.4 is 4.90 Å². The number of hydrogen-bond donors (Lipinski definition) is 1. The Bertz CT molecular complexity index is 1020. The number of imidazole rings is 1. The van der Waals surface area contributed by atoms with Gasteiger partial charge in [-0.05, 0) is 37.0 Å². The number of rotatable bonds is 6. The minimum Gasteiger partial charge on any atom is -0.376 e. The third-order valence-corrected chi connectivity index (χ3v) is 7.78. The molecular formula is C21H27F3N4O3S. The summed E-state index contributed by atoms with van der Waals surface area (Å²) < 4.78 is 72.0. The number of halogens is 3. The predicted molar refractivity (Wildman–Crippen MR) is 113 cm³/mol. The van der Waals surface area contributed by atoms with Gasteiger partial charge >= 0.3 is 15.5 Å². The summed E-state index contributed by atoms with van der Waals surface area (Å²) >= 11 is 0. The second-order valence-electron chi connectivity index (χ2n) is 8.41. The van der Waals surface area contributed by atoms with Gasteiger partial charge in [0.15, 0.2) is 0 Å². The summed E-state index contributed by atoms with van der Waals surface area (Å²) in [7, 11) is -5.51. The topological polar surface area (TPSA) is 78.5 Å². The van der Waals surface area contributed by atoms with E-state index in [1.165, 1.54) is 6.33 Å². The van der Waals surface area contributed by atoms with E-state index in [-0.39, 0.29) is 25.8 Å². The molecule has 1 aliphatic heterocycles. The van der Waals surface area contributed by atoms with E-state index in [0.717, 1.165) is 36.9 Å². The standard InChI is InChI=1S/C21H27F3N4O3S/c1-15-5-4-8-20-19(15)12-27(32(29,30)21(22,23)24)11-17(13-31-18-6-2-3-7-18)28(20)10-16-9-25-14-26-16/h4-5,8-9,14,17-18H,2-3,6-7,10-13H2,1H3,(H,25,26)/t17-/m1/s1. The molecule has 1 aromatic carbocycles. The molecule has 1 saturated carbocycles. The first-order valence-corrected chi connectivity index (χ1v) is 12.1. The zero-order chi connectivity index (χ0) is 22.9. The van der Waals surface area contributed by atoms with Gasteiger partial charge in [0.25, 0.3) is 0 Å². The van der Waals surface area contributed by atoms with Gasteiger partial charge in [0.2, 0.25) is 0 Å². The molecule has 2 aliphatic rings.